The first-order chi connectivity index (χ1) is 9.21. The fourth-order valence-corrected chi connectivity index (χ4v) is 2.19. The van der Waals surface area contributed by atoms with E-state index in [-0.39, 0.29) is 24.2 Å². The molecule has 1 aromatic carbocycles. The van der Waals surface area contributed by atoms with E-state index in [4.69, 9.17) is 15.0 Å². The van der Waals surface area contributed by atoms with E-state index in [0.29, 0.717) is 0 Å². The Kier molecular flexibility index (Phi) is 3.97. The maximum atomic E-state index is 11.6. The summed E-state index contributed by atoms with van der Waals surface area (Å²) in [4.78, 5) is 14.7. The minimum Gasteiger partial charge on any atom is -0.497 e. The molecule has 0 bridgehead atoms. The summed E-state index contributed by atoms with van der Waals surface area (Å²) in [7, 11) is 1.62. The molecule has 0 spiro atoms. The first-order valence-corrected chi connectivity index (χ1v) is 6.24. The summed E-state index contributed by atoms with van der Waals surface area (Å²) in [6.07, 6.45) is 0.796. The molecule has 5 nitrogen and oxygen atoms in total. The Morgan fingerprint density at radius 1 is 1.42 bits per heavy atom. The van der Waals surface area contributed by atoms with Gasteiger partial charge in [0, 0.05) is 0 Å². The Balaban J connectivity index is 2.06. The van der Waals surface area contributed by atoms with Gasteiger partial charge in [0.1, 0.15) is 5.75 Å². The van der Waals surface area contributed by atoms with E-state index in [0.717, 1.165) is 17.7 Å². The largest absolute Gasteiger partial charge is 0.497 e. The molecule has 0 radical (unpaired) electrons. The smallest absolute Gasteiger partial charge is 0.417 e. The molecule has 1 saturated carbocycles. The highest BCUT2D eigenvalue weighted by molar-refractivity contribution is 6.35. The van der Waals surface area contributed by atoms with Crippen molar-refractivity contribution >= 4 is 11.7 Å². The molecular weight excluding hydrogens is 244 g/mol. The summed E-state index contributed by atoms with van der Waals surface area (Å²) in [6.45, 7) is 2.00. The van der Waals surface area contributed by atoms with Crippen LogP contribution >= 0.6 is 0 Å². The highest BCUT2D eigenvalue weighted by atomic mass is 16.5. The first kappa shape index (κ1) is 13.3. The van der Waals surface area contributed by atoms with Gasteiger partial charge in [-0.15, -0.1) is 0 Å². The zero-order valence-corrected chi connectivity index (χ0v) is 11.0. The minimum absolute atomic E-state index is 0.0579. The number of nitrogens with zero attached hydrogens (tertiary/aromatic N) is 2. The molecule has 1 aromatic rings. The van der Waals surface area contributed by atoms with E-state index in [9.17, 15) is 4.79 Å². The summed E-state index contributed by atoms with van der Waals surface area (Å²) in [6, 6.07) is 7.68. The normalized spacial score (nSPS) is 20.3. The number of carbonyl (C=O) groups is 1. The summed E-state index contributed by atoms with van der Waals surface area (Å²) in [5.41, 5.74) is 10.2. The fourth-order valence-electron chi connectivity index (χ4n) is 2.19. The molecule has 0 aliphatic heterocycles. The van der Waals surface area contributed by atoms with Gasteiger partial charge in [0.15, 0.2) is 0 Å². The van der Waals surface area contributed by atoms with Gasteiger partial charge in [-0.2, -0.15) is 4.79 Å². The van der Waals surface area contributed by atoms with E-state index in [1.54, 1.807) is 14.0 Å². The molecular formula is C14H16N2O3. The number of rotatable bonds is 5. The summed E-state index contributed by atoms with van der Waals surface area (Å²) in [5, 5.41) is 0. The molecule has 5 heteroatoms. The van der Waals surface area contributed by atoms with Crippen molar-refractivity contribution in [3.05, 3.63) is 35.4 Å². The second-order valence-corrected chi connectivity index (χ2v) is 4.43. The van der Waals surface area contributed by atoms with Crippen LogP contribution in [-0.4, -0.2) is 30.2 Å². The lowest BCUT2D eigenvalue weighted by Gasteiger charge is -2.02. The molecule has 0 amide bonds. The van der Waals surface area contributed by atoms with Gasteiger partial charge < -0.3 is 15.0 Å². The molecule has 100 valence electrons. The number of methoxy groups -OCH3 is 1. The van der Waals surface area contributed by atoms with Gasteiger partial charge in [-0.25, -0.2) is 4.79 Å². The summed E-state index contributed by atoms with van der Waals surface area (Å²) < 4.78 is 9.96. The number of carbonyl (C=O) groups excluding carboxylic acids is 1. The van der Waals surface area contributed by atoms with Crippen molar-refractivity contribution in [2.45, 2.75) is 19.3 Å². The van der Waals surface area contributed by atoms with Crippen LogP contribution in [-0.2, 0) is 9.53 Å². The molecule has 2 rings (SSSR count). The van der Waals surface area contributed by atoms with E-state index in [1.807, 2.05) is 24.3 Å². The highest BCUT2D eigenvalue weighted by Gasteiger charge is 2.50. The predicted octanol–water partition coefficient (Wildman–Crippen LogP) is 2.03. The molecule has 0 saturated heterocycles. The van der Waals surface area contributed by atoms with Crippen LogP contribution in [0, 0.1) is 5.92 Å². The van der Waals surface area contributed by atoms with Crippen molar-refractivity contribution in [1.29, 1.82) is 0 Å². The van der Waals surface area contributed by atoms with Gasteiger partial charge in [0.05, 0.1) is 19.6 Å². The van der Waals surface area contributed by atoms with E-state index >= 15 is 0 Å². The molecule has 19 heavy (non-hydrogen) atoms. The standard InChI is InChI=1S/C14H16N2O3/c1-3-19-14(17)13(16-15)12-8-11(12)9-4-6-10(18-2)7-5-9/h4-7,11-12H,3,8H2,1-2H3/t11-,12+/m0/s1. The highest BCUT2D eigenvalue weighted by Crippen LogP contribution is 2.48. The van der Waals surface area contributed by atoms with Gasteiger partial charge in [-0.05, 0) is 37.0 Å². The van der Waals surface area contributed by atoms with Crippen molar-refractivity contribution in [2.75, 3.05) is 13.7 Å². The van der Waals surface area contributed by atoms with Gasteiger partial charge >= 0.3 is 11.7 Å². The van der Waals surface area contributed by atoms with Crippen LogP contribution in [0.15, 0.2) is 24.3 Å². The average molecular weight is 260 g/mol. The SMILES string of the molecule is CCOC(=O)C(=[N+]=[N-])[C@@H]1C[C@H]1c1ccc(OC)cc1. The third-order valence-electron chi connectivity index (χ3n) is 3.28. The number of esters is 1. The van der Waals surface area contributed by atoms with E-state index in [1.165, 1.54) is 0 Å². The van der Waals surface area contributed by atoms with Crippen LogP contribution in [0.5, 0.6) is 5.75 Å². The Morgan fingerprint density at radius 2 is 2.11 bits per heavy atom. The topological polar surface area (TPSA) is 71.9 Å². The van der Waals surface area contributed by atoms with Crippen molar-refractivity contribution in [1.82, 2.24) is 0 Å². The van der Waals surface area contributed by atoms with Crippen molar-refractivity contribution in [3.8, 4) is 5.75 Å². The lowest BCUT2D eigenvalue weighted by atomic mass is 10.1. The molecule has 0 unspecified atom stereocenters. The third kappa shape index (κ3) is 2.83. The van der Waals surface area contributed by atoms with E-state index < -0.39 is 5.97 Å². The van der Waals surface area contributed by atoms with Crippen LogP contribution < -0.4 is 4.74 Å². The maximum absolute atomic E-state index is 11.6. The number of hydrogen-bond donors (Lipinski definition) is 0. The van der Waals surface area contributed by atoms with Crippen LogP contribution in [0.1, 0.15) is 24.8 Å². The number of ether oxygens (including phenoxy) is 2. The quantitative estimate of drug-likeness (QED) is 0.352. The summed E-state index contributed by atoms with van der Waals surface area (Å²) in [5.74, 6) is 0.409. The zero-order chi connectivity index (χ0) is 13.8. The second kappa shape index (κ2) is 5.67. The third-order valence-corrected chi connectivity index (χ3v) is 3.28. The lowest BCUT2D eigenvalue weighted by molar-refractivity contribution is -0.140. The maximum Gasteiger partial charge on any atom is 0.417 e. The van der Waals surface area contributed by atoms with E-state index in [2.05, 4.69) is 4.79 Å². The summed E-state index contributed by atoms with van der Waals surface area (Å²) >= 11 is 0. The van der Waals surface area contributed by atoms with Gasteiger partial charge in [-0.3, -0.25) is 0 Å². The molecule has 0 heterocycles. The van der Waals surface area contributed by atoms with Crippen molar-refractivity contribution in [2.24, 2.45) is 5.92 Å². The van der Waals surface area contributed by atoms with Crippen LogP contribution in [0.3, 0.4) is 0 Å². The molecule has 1 fully saturated rings. The van der Waals surface area contributed by atoms with Crippen molar-refractivity contribution in [3.63, 3.8) is 0 Å². The monoisotopic (exact) mass is 260 g/mol. The Labute approximate surface area is 111 Å². The van der Waals surface area contributed by atoms with Gasteiger partial charge in [0.2, 0.25) is 0 Å². The van der Waals surface area contributed by atoms with Gasteiger partial charge in [0.25, 0.3) is 0 Å². The molecule has 1 aliphatic rings. The van der Waals surface area contributed by atoms with Crippen LogP contribution in [0.25, 0.3) is 5.53 Å². The predicted molar refractivity (Wildman–Crippen MR) is 69.1 cm³/mol. The fraction of sp³-hybridized carbons (Fsp3) is 0.429. The molecule has 0 N–H and O–H groups in total. The number of benzene rings is 1. The average Bonchev–Trinajstić information content (AvgIpc) is 3.20. The lowest BCUT2D eigenvalue weighted by Crippen LogP contribution is -2.21. The second-order valence-electron chi connectivity index (χ2n) is 4.43. The van der Waals surface area contributed by atoms with Crippen LogP contribution in [0.4, 0.5) is 0 Å². The zero-order valence-electron chi connectivity index (χ0n) is 11.0. The molecule has 0 aromatic heterocycles. The molecule has 1 aliphatic carbocycles. The number of hydrogen-bond acceptors (Lipinski definition) is 3. The Bertz CT molecular complexity index is 518. The Morgan fingerprint density at radius 3 is 2.63 bits per heavy atom. The molecule has 2 atom stereocenters. The first-order valence-electron chi connectivity index (χ1n) is 6.24. The van der Waals surface area contributed by atoms with Crippen molar-refractivity contribution < 1.29 is 19.1 Å². The Hall–Kier alpha value is -2.13. The minimum atomic E-state index is -0.536. The van der Waals surface area contributed by atoms with Crippen LogP contribution in [0.2, 0.25) is 0 Å². The van der Waals surface area contributed by atoms with Gasteiger partial charge in [-0.1, -0.05) is 12.1 Å².